The number of likely N-dealkylation sites (N-methyl/N-ethyl adjacent to an activating group) is 1. The van der Waals surface area contributed by atoms with Crippen LogP contribution in [0.5, 0.6) is 5.75 Å². The lowest BCUT2D eigenvalue weighted by Crippen LogP contribution is -2.52. The van der Waals surface area contributed by atoms with Gasteiger partial charge in [0.25, 0.3) is 0 Å². The minimum absolute atomic E-state index is 0.0566. The maximum absolute atomic E-state index is 12.6. The summed E-state index contributed by atoms with van der Waals surface area (Å²) in [5.74, 6) is -0.471. The fourth-order valence-corrected chi connectivity index (χ4v) is 4.06. The van der Waals surface area contributed by atoms with Gasteiger partial charge in [-0.3, -0.25) is 9.69 Å². The Morgan fingerprint density at radius 3 is 2.78 bits per heavy atom. The number of halogens is 3. The Hall–Kier alpha value is -3.75. The number of ether oxygens (including phenoxy) is 1. The number of rotatable bonds is 8. The lowest BCUT2D eigenvalue weighted by atomic mass is 9.99. The Morgan fingerprint density at radius 2 is 2.17 bits per heavy atom. The second-order valence-electron chi connectivity index (χ2n) is 8.02. The van der Waals surface area contributed by atoms with Crippen LogP contribution in [0.1, 0.15) is 25.0 Å². The second-order valence-corrected chi connectivity index (χ2v) is 8.43. The standard InChI is InChI=1S/C24H26ClF2N7O2/c1-4-33(15(3)22(29)35)20-12-34(32-21(20)16-8-9-19(25)14(2)10-16)24(30-13-28)31-17-6-5-7-18(11-17)36-23(26)27/h5-11,15,20,23H,4,12H2,1-3H3,(H2,29,35)(H,30,31)/t15-,20?/m0/s1. The van der Waals surface area contributed by atoms with E-state index < -0.39 is 18.6 Å². The molecule has 2 aromatic carbocycles. The number of alkyl halides is 2. The highest BCUT2D eigenvalue weighted by molar-refractivity contribution is 6.31. The maximum Gasteiger partial charge on any atom is 0.387 e. The molecule has 0 aromatic heterocycles. The van der Waals surface area contributed by atoms with E-state index in [9.17, 15) is 18.8 Å². The van der Waals surface area contributed by atoms with E-state index >= 15 is 0 Å². The molecule has 0 aliphatic carbocycles. The summed E-state index contributed by atoms with van der Waals surface area (Å²) in [7, 11) is 0. The Kier molecular flexibility index (Phi) is 8.79. The molecule has 3 N–H and O–H groups in total. The van der Waals surface area contributed by atoms with Crippen molar-refractivity contribution in [1.29, 1.82) is 5.26 Å². The van der Waals surface area contributed by atoms with Crippen molar-refractivity contribution in [2.24, 2.45) is 15.8 Å². The van der Waals surface area contributed by atoms with Crippen LogP contribution >= 0.6 is 11.6 Å². The highest BCUT2D eigenvalue weighted by atomic mass is 35.5. The van der Waals surface area contributed by atoms with Gasteiger partial charge in [-0.05, 0) is 55.8 Å². The molecule has 0 saturated carbocycles. The molecule has 190 valence electrons. The SMILES string of the molecule is CCN(C1CN(C(=NC#N)Nc2cccc(OC(F)F)c2)N=C1c1ccc(Cl)c(C)c1)[C@@H](C)C(N)=O. The highest BCUT2D eigenvalue weighted by Gasteiger charge is 2.37. The van der Waals surface area contributed by atoms with E-state index in [1.165, 1.54) is 23.2 Å². The van der Waals surface area contributed by atoms with Gasteiger partial charge in [0.15, 0.2) is 0 Å². The van der Waals surface area contributed by atoms with Crippen molar-refractivity contribution < 1.29 is 18.3 Å². The first-order valence-electron chi connectivity index (χ1n) is 11.1. The number of nitrogens with one attached hydrogen (secondary N) is 1. The number of aryl methyl sites for hydroxylation is 1. The molecule has 1 unspecified atom stereocenters. The fraction of sp³-hybridized carbons (Fsp3) is 0.333. The smallest absolute Gasteiger partial charge is 0.387 e. The van der Waals surface area contributed by atoms with Crippen LogP contribution in [0, 0.1) is 18.4 Å². The van der Waals surface area contributed by atoms with Crippen LogP contribution in [0.2, 0.25) is 5.02 Å². The Bertz CT molecular complexity index is 1220. The summed E-state index contributed by atoms with van der Waals surface area (Å²) in [5.41, 5.74) is 8.23. The van der Waals surface area contributed by atoms with E-state index in [0.29, 0.717) is 23.0 Å². The first-order valence-corrected chi connectivity index (χ1v) is 11.5. The van der Waals surface area contributed by atoms with Crippen molar-refractivity contribution in [3.63, 3.8) is 0 Å². The first kappa shape index (κ1) is 26.8. The molecule has 0 bridgehead atoms. The molecule has 3 rings (SSSR count). The van der Waals surface area contributed by atoms with E-state index in [2.05, 4.69) is 15.0 Å². The number of guanidine groups is 1. The number of carbonyl (C=O) groups is 1. The summed E-state index contributed by atoms with van der Waals surface area (Å²) >= 11 is 6.22. The zero-order chi connectivity index (χ0) is 26.4. The average molecular weight is 518 g/mol. The van der Waals surface area contributed by atoms with E-state index in [-0.39, 0.29) is 24.3 Å². The minimum Gasteiger partial charge on any atom is -0.435 e. The molecule has 9 nitrogen and oxygen atoms in total. The Balaban J connectivity index is 2.00. The summed E-state index contributed by atoms with van der Waals surface area (Å²) in [4.78, 5) is 17.8. The number of hydrazone groups is 1. The lowest BCUT2D eigenvalue weighted by Gasteiger charge is -2.32. The van der Waals surface area contributed by atoms with E-state index in [1.807, 2.05) is 30.9 Å². The number of nitrogens with two attached hydrogens (primary N) is 1. The average Bonchev–Trinajstić information content (AvgIpc) is 3.26. The van der Waals surface area contributed by atoms with Gasteiger partial charge in [0, 0.05) is 16.8 Å². The van der Waals surface area contributed by atoms with Crippen LogP contribution in [0.15, 0.2) is 52.6 Å². The van der Waals surface area contributed by atoms with Crippen molar-refractivity contribution in [1.82, 2.24) is 9.91 Å². The molecule has 2 atom stereocenters. The highest BCUT2D eigenvalue weighted by Crippen LogP contribution is 2.26. The number of anilines is 1. The van der Waals surface area contributed by atoms with Crippen molar-refractivity contribution >= 4 is 34.9 Å². The molecule has 0 spiro atoms. The summed E-state index contributed by atoms with van der Waals surface area (Å²) < 4.78 is 29.7. The predicted molar refractivity (Wildman–Crippen MR) is 134 cm³/mol. The second kappa shape index (κ2) is 11.8. The number of primary amides is 1. The molecule has 0 saturated heterocycles. The molecule has 0 radical (unpaired) electrons. The topological polar surface area (TPSA) is 119 Å². The van der Waals surface area contributed by atoms with E-state index in [1.54, 1.807) is 25.2 Å². The maximum atomic E-state index is 12.6. The third-order valence-corrected chi connectivity index (χ3v) is 6.16. The molecule has 0 fully saturated rings. The normalized spacial score (nSPS) is 16.6. The number of carbonyl (C=O) groups excluding carboxylic acids is 1. The van der Waals surface area contributed by atoms with Crippen molar-refractivity contribution in [2.75, 3.05) is 18.4 Å². The van der Waals surface area contributed by atoms with Gasteiger partial charge >= 0.3 is 6.61 Å². The summed E-state index contributed by atoms with van der Waals surface area (Å²) in [5, 5.41) is 19.1. The number of hydrogen-bond donors (Lipinski definition) is 2. The summed E-state index contributed by atoms with van der Waals surface area (Å²) in [6.07, 6.45) is 1.74. The predicted octanol–water partition coefficient (Wildman–Crippen LogP) is 3.78. The molecular weight excluding hydrogens is 492 g/mol. The molecule has 36 heavy (non-hydrogen) atoms. The largest absolute Gasteiger partial charge is 0.435 e. The van der Waals surface area contributed by atoms with Crippen molar-refractivity contribution in [3.05, 3.63) is 58.6 Å². The van der Waals surface area contributed by atoms with Crippen molar-refractivity contribution in [2.45, 2.75) is 39.5 Å². The van der Waals surface area contributed by atoms with Crippen LogP contribution < -0.4 is 15.8 Å². The zero-order valence-corrected chi connectivity index (χ0v) is 20.7. The third-order valence-electron chi connectivity index (χ3n) is 5.73. The number of nitrogens with zero attached hydrogens (tertiary/aromatic N) is 5. The Labute approximate surface area is 212 Å². The molecular formula is C24H26ClF2N7O2. The van der Waals surface area contributed by atoms with E-state index in [4.69, 9.17) is 22.4 Å². The summed E-state index contributed by atoms with van der Waals surface area (Å²) in [6.45, 7) is 3.26. The zero-order valence-electron chi connectivity index (χ0n) is 20.0. The van der Waals surface area contributed by atoms with E-state index in [0.717, 1.165) is 11.1 Å². The third kappa shape index (κ3) is 6.27. The van der Waals surface area contributed by atoms with Gasteiger partial charge in [-0.2, -0.15) is 19.1 Å². The van der Waals surface area contributed by atoms with Crippen LogP contribution in [-0.4, -0.2) is 59.3 Å². The van der Waals surface area contributed by atoms with Gasteiger partial charge in [0.1, 0.15) is 5.75 Å². The van der Waals surface area contributed by atoms with Gasteiger partial charge in [-0.1, -0.05) is 30.7 Å². The number of amides is 1. The molecule has 2 aromatic rings. The molecule has 12 heteroatoms. The molecule has 1 amide bonds. The molecule has 1 aliphatic heterocycles. The van der Waals surface area contributed by atoms with Crippen LogP contribution in [0.4, 0.5) is 14.5 Å². The van der Waals surface area contributed by atoms with Crippen LogP contribution in [0.3, 0.4) is 0 Å². The first-order chi connectivity index (χ1) is 17.1. The van der Waals surface area contributed by atoms with Crippen molar-refractivity contribution in [3.8, 4) is 11.9 Å². The monoisotopic (exact) mass is 517 g/mol. The number of benzene rings is 2. The summed E-state index contributed by atoms with van der Waals surface area (Å²) in [6, 6.07) is 10.4. The van der Waals surface area contributed by atoms with Crippen LogP contribution in [0.25, 0.3) is 0 Å². The van der Waals surface area contributed by atoms with Gasteiger partial charge in [0.2, 0.25) is 18.1 Å². The van der Waals surface area contributed by atoms with Crippen LogP contribution in [-0.2, 0) is 4.79 Å². The number of hydrogen-bond acceptors (Lipinski definition) is 6. The fourth-order valence-electron chi connectivity index (χ4n) is 3.94. The number of nitriles is 1. The lowest BCUT2D eigenvalue weighted by molar-refractivity contribution is -0.123. The Morgan fingerprint density at radius 1 is 1.42 bits per heavy atom. The van der Waals surface area contributed by atoms with Gasteiger partial charge < -0.3 is 15.8 Å². The van der Waals surface area contributed by atoms with Gasteiger partial charge in [-0.25, -0.2) is 5.01 Å². The quantitative estimate of drug-likeness (QED) is 0.312. The number of aliphatic imine (C=N–C) groups is 1. The molecule has 1 heterocycles. The molecule has 1 aliphatic rings. The van der Waals surface area contributed by atoms with Gasteiger partial charge in [0.05, 0.1) is 24.3 Å². The van der Waals surface area contributed by atoms with Gasteiger partial charge in [-0.15, -0.1) is 4.99 Å². The minimum atomic E-state index is -2.98.